The van der Waals surface area contributed by atoms with E-state index in [2.05, 4.69) is 0 Å². The van der Waals surface area contributed by atoms with E-state index in [9.17, 15) is 9.59 Å². The largest absolute Gasteiger partial charge is 0.490 e. The van der Waals surface area contributed by atoms with Crippen molar-refractivity contribution in [1.29, 1.82) is 0 Å². The van der Waals surface area contributed by atoms with Gasteiger partial charge in [0.15, 0.2) is 11.5 Å². The van der Waals surface area contributed by atoms with E-state index in [0.717, 1.165) is 11.1 Å². The summed E-state index contributed by atoms with van der Waals surface area (Å²) in [5.74, 6) is 1.13. The first-order valence-electron chi connectivity index (χ1n) is 9.85. The van der Waals surface area contributed by atoms with Gasteiger partial charge in [0.1, 0.15) is 0 Å². The third-order valence-corrected chi connectivity index (χ3v) is 5.55. The van der Waals surface area contributed by atoms with Gasteiger partial charge in [-0.1, -0.05) is 11.6 Å². The van der Waals surface area contributed by atoms with E-state index in [4.69, 9.17) is 21.1 Å². The number of anilines is 1. The van der Waals surface area contributed by atoms with E-state index in [-0.39, 0.29) is 24.4 Å². The fraction of sp³-hybridized carbons (Fsp3) is 0.364. The molecule has 2 aliphatic heterocycles. The Hall–Kier alpha value is -2.73. The normalized spacial score (nSPS) is 18.4. The van der Waals surface area contributed by atoms with Crippen LogP contribution >= 0.6 is 11.6 Å². The van der Waals surface area contributed by atoms with Gasteiger partial charge < -0.3 is 14.4 Å². The number of amides is 3. The van der Waals surface area contributed by atoms with Crippen molar-refractivity contribution in [1.82, 2.24) is 4.90 Å². The number of fused-ring (bicyclic) bond motifs is 3. The van der Waals surface area contributed by atoms with Crippen molar-refractivity contribution >= 4 is 29.2 Å². The maximum absolute atomic E-state index is 13.2. The van der Waals surface area contributed by atoms with Gasteiger partial charge in [0.05, 0.1) is 31.4 Å². The zero-order valence-corrected chi connectivity index (χ0v) is 17.2. The molecule has 3 amide bonds. The lowest BCUT2D eigenvalue weighted by atomic mass is 9.88. The molecule has 6 nitrogen and oxygen atoms in total. The van der Waals surface area contributed by atoms with Crippen LogP contribution in [0.25, 0.3) is 0 Å². The Morgan fingerprint density at radius 1 is 1.03 bits per heavy atom. The lowest BCUT2D eigenvalue weighted by Crippen LogP contribution is -2.55. The van der Waals surface area contributed by atoms with E-state index in [1.807, 2.05) is 26.0 Å². The molecule has 1 saturated heterocycles. The van der Waals surface area contributed by atoms with Crippen molar-refractivity contribution < 1.29 is 19.1 Å². The quantitative estimate of drug-likeness (QED) is 0.717. The zero-order chi connectivity index (χ0) is 20.5. The minimum atomic E-state index is -0.300. The molecular formula is C22H23ClN2O4. The van der Waals surface area contributed by atoms with Gasteiger partial charge in [-0.2, -0.15) is 0 Å². The minimum absolute atomic E-state index is 0.223. The van der Waals surface area contributed by atoms with E-state index < -0.39 is 0 Å². The number of hydrogen-bond acceptors (Lipinski definition) is 4. The molecule has 7 heteroatoms. The Bertz CT molecular complexity index is 945. The zero-order valence-electron chi connectivity index (χ0n) is 16.5. The fourth-order valence-electron chi connectivity index (χ4n) is 4.03. The summed E-state index contributed by atoms with van der Waals surface area (Å²) in [5.41, 5.74) is 2.59. The first-order valence-corrected chi connectivity index (χ1v) is 10.2. The number of nitrogens with zero attached hydrogens (tertiary/aromatic N) is 2. The Kier molecular flexibility index (Phi) is 5.37. The van der Waals surface area contributed by atoms with Crippen molar-refractivity contribution in [2.45, 2.75) is 32.7 Å². The van der Waals surface area contributed by atoms with Crippen LogP contribution in [0, 0.1) is 0 Å². The van der Waals surface area contributed by atoms with E-state index >= 15 is 0 Å². The molecule has 1 atom stereocenters. The number of carbonyl (C=O) groups excluding carboxylic acids is 2. The highest BCUT2D eigenvalue weighted by atomic mass is 35.5. The highest BCUT2D eigenvalue weighted by Gasteiger charge is 2.43. The van der Waals surface area contributed by atoms with Crippen molar-refractivity contribution in [3.05, 3.63) is 52.5 Å². The average molecular weight is 415 g/mol. The molecule has 4 rings (SSSR count). The topological polar surface area (TPSA) is 59.1 Å². The molecule has 1 fully saturated rings. The van der Waals surface area contributed by atoms with Gasteiger partial charge in [0.25, 0.3) is 0 Å². The molecule has 0 spiro atoms. The van der Waals surface area contributed by atoms with Gasteiger partial charge in [-0.25, -0.2) is 9.69 Å². The number of rotatable bonds is 5. The molecule has 0 unspecified atom stereocenters. The second-order valence-corrected chi connectivity index (χ2v) is 7.45. The highest BCUT2D eigenvalue weighted by molar-refractivity contribution is 6.30. The lowest BCUT2D eigenvalue weighted by molar-refractivity contribution is -0.120. The summed E-state index contributed by atoms with van der Waals surface area (Å²) >= 11 is 5.95. The van der Waals surface area contributed by atoms with Crippen molar-refractivity contribution in [3.8, 4) is 11.5 Å². The van der Waals surface area contributed by atoms with Crippen LogP contribution < -0.4 is 14.4 Å². The van der Waals surface area contributed by atoms with Gasteiger partial charge in [-0.3, -0.25) is 4.79 Å². The van der Waals surface area contributed by atoms with Crippen LogP contribution in [0.15, 0.2) is 36.4 Å². The predicted octanol–water partition coefficient (Wildman–Crippen LogP) is 4.59. The molecule has 0 bridgehead atoms. The Labute approximate surface area is 174 Å². The molecule has 0 aromatic heterocycles. The van der Waals surface area contributed by atoms with E-state index in [1.165, 1.54) is 4.90 Å². The highest BCUT2D eigenvalue weighted by Crippen LogP contribution is 2.42. The predicted molar refractivity (Wildman–Crippen MR) is 111 cm³/mol. The molecule has 0 saturated carbocycles. The minimum Gasteiger partial charge on any atom is -0.490 e. The summed E-state index contributed by atoms with van der Waals surface area (Å²) in [4.78, 5) is 29.1. The molecule has 0 N–H and O–H groups in total. The van der Waals surface area contributed by atoms with Gasteiger partial charge in [-0.05, 0) is 67.8 Å². The number of ether oxygens (including phenoxy) is 2. The summed E-state index contributed by atoms with van der Waals surface area (Å²) < 4.78 is 11.5. The van der Waals surface area contributed by atoms with Crippen molar-refractivity contribution in [3.63, 3.8) is 0 Å². The number of halogens is 1. The van der Waals surface area contributed by atoms with Crippen LogP contribution in [-0.4, -0.2) is 36.6 Å². The lowest BCUT2D eigenvalue weighted by Gasteiger charge is -2.43. The summed E-state index contributed by atoms with van der Waals surface area (Å²) in [6, 6.07) is 10.1. The van der Waals surface area contributed by atoms with Crippen LogP contribution in [0.5, 0.6) is 11.5 Å². The number of benzene rings is 2. The molecule has 2 aromatic rings. The maximum Gasteiger partial charge on any atom is 0.331 e. The maximum atomic E-state index is 13.2. The molecule has 0 radical (unpaired) electrons. The summed E-state index contributed by atoms with van der Waals surface area (Å²) in [6.07, 6.45) is 0.924. The summed E-state index contributed by atoms with van der Waals surface area (Å²) in [5, 5.41) is 0.559. The Morgan fingerprint density at radius 3 is 2.34 bits per heavy atom. The molecule has 152 valence electrons. The Balaban J connectivity index is 1.69. The standard InChI is InChI=1S/C22H23ClN2O4/c1-3-28-19-11-14-9-10-24-18(17(14)12-20(19)29-4-2)13-21(26)25(22(24)27)16-7-5-15(23)6-8-16/h5-8,11-12,18H,3-4,9-10,13H2,1-2H3/t18-/m1/s1. The molecule has 2 aromatic carbocycles. The fourth-order valence-corrected chi connectivity index (χ4v) is 4.16. The van der Waals surface area contributed by atoms with Crippen LogP contribution in [0.1, 0.15) is 37.4 Å². The average Bonchev–Trinajstić information content (AvgIpc) is 2.70. The third-order valence-electron chi connectivity index (χ3n) is 5.30. The Morgan fingerprint density at radius 2 is 1.69 bits per heavy atom. The first kappa shape index (κ1) is 19.6. The molecule has 0 aliphatic carbocycles. The van der Waals surface area contributed by atoms with Gasteiger partial charge >= 0.3 is 6.03 Å². The van der Waals surface area contributed by atoms with Crippen LogP contribution in [0.2, 0.25) is 5.02 Å². The molecule has 29 heavy (non-hydrogen) atoms. The third kappa shape index (κ3) is 3.53. The summed E-state index contributed by atoms with van der Waals surface area (Å²) in [6.45, 7) is 5.45. The van der Waals surface area contributed by atoms with Crippen LogP contribution in [0.3, 0.4) is 0 Å². The molecule has 2 aliphatic rings. The van der Waals surface area contributed by atoms with Gasteiger partial charge in [-0.15, -0.1) is 0 Å². The summed E-state index contributed by atoms with van der Waals surface area (Å²) in [7, 11) is 0. The van der Waals surface area contributed by atoms with Gasteiger partial charge in [0.2, 0.25) is 5.91 Å². The second kappa shape index (κ2) is 7.95. The van der Waals surface area contributed by atoms with Crippen molar-refractivity contribution in [2.75, 3.05) is 24.7 Å². The second-order valence-electron chi connectivity index (χ2n) is 7.02. The number of carbonyl (C=O) groups is 2. The monoisotopic (exact) mass is 414 g/mol. The van der Waals surface area contributed by atoms with Gasteiger partial charge in [0, 0.05) is 11.6 Å². The number of imide groups is 1. The first-order chi connectivity index (χ1) is 14.0. The van der Waals surface area contributed by atoms with Crippen molar-refractivity contribution in [2.24, 2.45) is 0 Å². The van der Waals surface area contributed by atoms with Crippen LogP contribution in [0.4, 0.5) is 10.5 Å². The smallest absolute Gasteiger partial charge is 0.331 e. The molecule has 2 heterocycles. The molecular weight excluding hydrogens is 392 g/mol. The van der Waals surface area contributed by atoms with Crippen LogP contribution in [-0.2, 0) is 11.2 Å². The van der Waals surface area contributed by atoms with E-state index in [0.29, 0.717) is 48.4 Å². The number of urea groups is 1. The SMILES string of the molecule is CCOc1cc2c(cc1OCC)[C@H]1CC(=O)N(c3ccc(Cl)cc3)C(=O)N1CC2. The van der Waals surface area contributed by atoms with E-state index in [1.54, 1.807) is 29.2 Å². The number of hydrogen-bond donors (Lipinski definition) is 0.